The number of ether oxygens (including phenoxy) is 2. The van der Waals surface area contributed by atoms with E-state index in [1.54, 1.807) is 0 Å². The number of nitrogens with zero attached hydrogens (tertiary/aromatic N) is 2. The molecule has 1 aromatic heterocycles. The quantitative estimate of drug-likeness (QED) is 0.732. The molecule has 1 saturated heterocycles. The molecule has 0 spiro atoms. The summed E-state index contributed by atoms with van der Waals surface area (Å²) in [6, 6.07) is 10.3. The molecule has 2 heterocycles. The van der Waals surface area contributed by atoms with Crippen molar-refractivity contribution in [2.45, 2.75) is 31.9 Å². The van der Waals surface area contributed by atoms with Crippen molar-refractivity contribution >= 4 is 16.9 Å². The third-order valence-electron chi connectivity index (χ3n) is 4.46. The predicted octanol–water partition coefficient (Wildman–Crippen LogP) is 2.78. The first-order valence-electron chi connectivity index (χ1n) is 8.49. The number of fused-ring (bicyclic) bond motifs is 1. The summed E-state index contributed by atoms with van der Waals surface area (Å²) in [6.07, 6.45) is 4.67. The highest BCUT2D eigenvalue weighted by atomic mass is 16.5. The van der Waals surface area contributed by atoms with Gasteiger partial charge in [0.15, 0.2) is 0 Å². The third-order valence-corrected chi connectivity index (χ3v) is 4.46. The Balaban J connectivity index is 1.74. The molecule has 24 heavy (non-hydrogen) atoms. The lowest BCUT2D eigenvalue weighted by molar-refractivity contribution is -0.141. The van der Waals surface area contributed by atoms with E-state index in [0.717, 1.165) is 43.4 Å². The molecule has 1 atom stereocenters. The van der Waals surface area contributed by atoms with Crippen LogP contribution in [0.25, 0.3) is 10.9 Å². The Morgan fingerprint density at radius 3 is 3.04 bits per heavy atom. The van der Waals surface area contributed by atoms with Crippen molar-refractivity contribution in [3.63, 3.8) is 0 Å². The van der Waals surface area contributed by atoms with Crippen LogP contribution >= 0.6 is 0 Å². The van der Waals surface area contributed by atoms with Crippen molar-refractivity contribution in [3.05, 3.63) is 42.1 Å². The van der Waals surface area contributed by atoms with Crippen LogP contribution in [0.5, 0.6) is 0 Å². The Bertz CT molecular complexity index is 678. The van der Waals surface area contributed by atoms with Gasteiger partial charge in [0.2, 0.25) is 0 Å². The Labute approximate surface area is 142 Å². The molecule has 0 bridgehead atoms. The molecule has 128 valence electrons. The first-order chi connectivity index (χ1) is 11.8. The van der Waals surface area contributed by atoms with E-state index >= 15 is 0 Å². The lowest BCUT2D eigenvalue weighted by Gasteiger charge is -2.25. The summed E-state index contributed by atoms with van der Waals surface area (Å²) in [5.74, 6) is -0.177. The van der Waals surface area contributed by atoms with Crippen molar-refractivity contribution in [1.82, 2.24) is 9.88 Å². The van der Waals surface area contributed by atoms with Crippen LogP contribution in [0.2, 0.25) is 0 Å². The highest BCUT2D eigenvalue weighted by Gasteiger charge is 2.20. The topological polar surface area (TPSA) is 51.7 Å². The molecular weight excluding hydrogens is 304 g/mol. The highest BCUT2D eigenvalue weighted by Crippen LogP contribution is 2.20. The summed E-state index contributed by atoms with van der Waals surface area (Å²) >= 11 is 0. The minimum Gasteiger partial charge on any atom is -0.469 e. The van der Waals surface area contributed by atoms with Gasteiger partial charge in [-0.15, -0.1) is 0 Å². The zero-order chi connectivity index (χ0) is 16.8. The molecule has 0 aliphatic carbocycles. The summed E-state index contributed by atoms with van der Waals surface area (Å²) < 4.78 is 10.6. The lowest BCUT2D eigenvalue weighted by Crippen LogP contribution is -2.33. The van der Waals surface area contributed by atoms with Crippen molar-refractivity contribution in [2.24, 2.45) is 0 Å². The fourth-order valence-corrected chi connectivity index (χ4v) is 3.20. The maximum absolute atomic E-state index is 11.5. The van der Waals surface area contributed by atoms with Crippen LogP contribution in [-0.2, 0) is 20.8 Å². The van der Waals surface area contributed by atoms with Crippen LogP contribution in [0.1, 0.15) is 24.8 Å². The number of esters is 1. The van der Waals surface area contributed by atoms with Gasteiger partial charge in [0.1, 0.15) is 0 Å². The second-order valence-electron chi connectivity index (χ2n) is 6.19. The fraction of sp³-hybridized carbons (Fsp3) is 0.474. The second-order valence-corrected chi connectivity index (χ2v) is 6.19. The molecule has 3 rings (SSSR count). The van der Waals surface area contributed by atoms with Crippen LogP contribution in [0.15, 0.2) is 36.5 Å². The van der Waals surface area contributed by atoms with Crippen molar-refractivity contribution in [3.8, 4) is 0 Å². The molecular formula is C19H24N2O3. The van der Waals surface area contributed by atoms with Crippen LogP contribution in [0.4, 0.5) is 0 Å². The van der Waals surface area contributed by atoms with Gasteiger partial charge in [-0.1, -0.05) is 24.3 Å². The molecule has 1 aliphatic rings. The minimum absolute atomic E-state index is 0.177. The number of hydrogen-bond acceptors (Lipinski definition) is 5. The number of carbonyl (C=O) groups excluding carboxylic acids is 1. The molecule has 0 N–H and O–H groups in total. The van der Waals surface area contributed by atoms with Gasteiger partial charge in [-0.25, -0.2) is 0 Å². The zero-order valence-corrected chi connectivity index (χ0v) is 14.1. The van der Waals surface area contributed by atoms with Crippen molar-refractivity contribution in [2.75, 3.05) is 26.8 Å². The minimum atomic E-state index is -0.177. The number of rotatable bonds is 7. The number of para-hydroxylation sites is 1. The normalized spacial score (nSPS) is 17.5. The van der Waals surface area contributed by atoms with E-state index in [9.17, 15) is 4.79 Å². The SMILES string of the molecule is COC(=O)CCN(Cc1cccc2cccnc12)CC1CCCO1. The van der Waals surface area contributed by atoms with E-state index in [2.05, 4.69) is 34.1 Å². The Morgan fingerprint density at radius 1 is 1.38 bits per heavy atom. The number of hydrogen-bond donors (Lipinski definition) is 0. The van der Waals surface area contributed by atoms with Crippen LogP contribution in [0.3, 0.4) is 0 Å². The average Bonchev–Trinajstić information content (AvgIpc) is 3.12. The van der Waals surface area contributed by atoms with E-state index < -0.39 is 0 Å². The fourth-order valence-electron chi connectivity index (χ4n) is 3.20. The molecule has 1 aliphatic heterocycles. The maximum atomic E-state index is 11.5. The Kier molecular flexibility index (Phi) is 5.77. The van der Waals surface area contributed by atoms with E-state index in [1.165, 1.54) is 12.7 Å². The van der Waals surface area contributed by atoms with Gasteiger partial charge >= 0.3 is 5.97 Å². The van der Waals surface area contributed by atoms with E-state index in [4.69, 9.17) is 9.47 Å². The summed E-state index contributed by atoms with van der Waals surface area (Å²) in [4.78, 5) is 18.3. The maximum Gasteiger partial charge on any atom is 0.306 e. The van der Waals surface area contributed by atoms with Gasteiger partial charge < -0.3 is 9.47 Å². The smallest absolute Gasteiger partial charge is 0.306 e. The second kappa shape index (κ2) is 8.22. The molecule has 0 saturated carbocycles. The number of carbonyl (C=O) groups is 1. The monoisotopic (exact) mass is 328 g/mol. The third kappa shape index (κ3) is 4.30. The Hall–Kier alpha value is -1.98. The number of benzene rings is 1. The molecule has 2 aromatic rings. The van der Waals surface area contributed by atoms with Gasteiger partial charge in [0.05, 0.1) is 25.2 Å². The van der Waals surface area contributed by atoms with Crippen LogP contribution in [-0.4, -0.2) is 48.8 Å². The lowest BCUT2D eigenvalue weighted by atomic mass is 10.1. The number of pyridine rings is 1. The summed E-state index contributed by atoms with van der Waals surface area (Å²) in [6.45, 7) is 3.09. The summed E-state index contributed by atoms with van der Waals surface area (Å²) in [7, 11) is 1.43. The summed E-state index contributed by atoms with van der Waals surface area (Å²) in [5.41, 5.74) is 2.20. The molecule has 5 heteroatoms. The standard InChI is InChI=1S/C19H24N2O3/c1-23-18(22)9-11-21(14-17-8-4-12-24-17)13-16-6-2-5-15-7-3-10-20-19(15)16/h2-3,5-7,10,17H,4,8-9,11-14H2,1H3. The van der Waals surface area contributed by atoms with E-state index in [0.29, 0.717) is 13.0 Å². The van der Waals surface area contributed by atoms with E-state index in [1.807, 2.05) is 12.3 Å². The number of aromatic nitrogens is 1. The molecule has 5 nitrogen and oxygen atoms in total. The average molecular weight is 328 g/mol. The van der Waals surface area contributed by atoms with Gasteiger partial charge in [-0.2, -0.15) is 0 Å². The molecule has 0 radical (unpaired) electrons. The van der Waals surface area contributed by atoms with Gasteiger partial charge in [0, 0.05) is 37.8 Å². The highest BCUT2D eigenvalue weighted by molar-refractivity contribution is 5.81. The van der Waals surface area contributed by atoms with Crippen LogP contribution in [0, 0.1) is 0 Å². The van der Waals surface area contributed by atoms with Crippen molar-refractivity contribution < 1.29 is 14.3 Å². The van der Waals surface area contributed by atoms with Gasteiger partial charge in [-0.05, 0) is 24.5 Å². The molecule has 1 aromatic carbocycles. The summed E-state index contributed by atoms with van der Waals surface area (Å²) in [5, 5.41) is 1.14. The first-order valence-corrected chi connectivity index (χ1v) is 8.49. The van der Waals surface area contributed by atoms with Crippen LogP contribution < -0.4 is 0 Å². The first kappa shape index (κ1) is 16.9. The van der Waals surface area contributed by atoms with E-state index in [-0.39, 0.29) is 12.1 Å². The zero-order valence-electron chi connectivity index (χ0n) is 14.1. The van der Waals surface area contributed by atoms with Gasteiger partial charge in [-0.3, -0.25) is 14.7 Å². The van der Waals surface area contributed by atoms with Crippen molar-refractivity contribution in [1.29, 1.82) is 0 Å². The molecule has 0 amide bonds. The molecule has 1 unspecified atom stereocenters. The molecule has 1 fully saturated rings. The Morgan fingerprint density at radius 2 is 2.25 bits per heavy atom. The largest absolute Gasteiger partial charge is 0.469 e. The van der Waals surface area contributed by atoms with Gasteiger partial charge in [0.25, 0.3) is 0 Å². The predicted molar refractivity (Wildman–Crippen MR) is 92.6 cm³/mol. The number of methoxy groups -OCH3 is 1.